The zero-order chi connectivity index (χ0) is 10.4. The molecule has 14 heavy (non-hydrogen) atoms. The minimum absolute atomic E-state index is 0.0199. The van der Waals surface area contributed by atoms with Gasteiger partial charge in [0.1, 0.15) is 12.6 Å². The first-order valence-corrected chi connectivity index (χ1v) is 4.46. The zero-order valence-electron chi connectivity index (χ0n) is 8.19. The van der Waals surface area contributed by atoms with Crippen LogP contribution in [0.25, 0.3) is 0 Å². The van der Waals surface area contributed by atoms with Crippen LogP contribution in [0.3, 0.4) is 0 Å². The summed E-state index contributed by atoms with van der Waals surface area (Å²) in [5, 5.41) is 2.38. The zero-order valence-corrected chi connectivity index (χ0v) is 8.19. The topological polar surface area (TPSA) is 66.0 Å². The van der Waals surface area contributed by atoms with Crippen LogP contribution in [0.1, 0.15) is 11.6 Å². The third-order valence-electron chi connectivity index (χ3n) is 1.89. The number of hydrogen-bond acceptors (Lipinski definition) is 2. The van der Waals surface area contributed by atoms with Crippen molar-refractivity contribution in [1.29, 1.82) is 0 Å². The lowest BCUT2D eigenvalue weighted by Gasteiger charge is -2.08. The summed E-state index contributed by atoms with van der Waals surface area (Å²) in [7, 11) is 1.53. The molecule has 0 bridgehead atoms. The quantitative estimate of drug-likeness (QED) is 0.729. The lowest BCUT2D eigenvalue weighted by molar-refractivity contribution is -0.431. The van der Waals surface area contributed by atoms with Gasteiger partial charge in [-0.3, -0.25) is 0 Å². The van der Waals surface area contributed by atoms with E-state index in [2.05, 4.69) is 11.1 Å². The first kappa shape index (κ1) is 10.5. The van der Waals surface area contributed by atoms with E-state index in [0.717, 1.165) is 5.56 Å². The standard InChI is InChI=1S/C10H14N2O2/c1-12-10(13)14-7-9(11)8-5-3-2-4-6-8/h2-6,9H,7,11H2,1H3,(H,12,13)/p+1. The van der Waals surface area contributed by atoms with E-state index in [9.17, 15) is 4.79 Å². The van der Waals surface area contributed by atoms with E-state index in [4.69, 9.17) is 4.74 Å². The van der Waals surface area contributed by atoms with E-state index in [0.29, 0.717) is 6.61 Å². The summed E-state index contributed by atoms with van der Waals surface area (Å²) in [6.45, 7) is 0.295. The molecule has 4 N–H and O–H groups in total. The third-order valence-corrected chi connectivity index (χ3v) is 1.89. The Labute approximate surface area is 83.1 Å². The monoisotopic (exact) mass is 195 g/mol. The van der Waals surface area contributed by atoms with Gasteiger partial charge in [0.15, 0.2) is 0 Å². The molecule has 0 aromatic heterocycles. The van der Waals surface area contributed by atoms with Crippen LogP contribution in [0.2, 0.25) is 0 Å². The van der Waals surface area contributed by atoms with Crippen molar-refractivity contribution in [3.63, 3.8) is 0 Å². The van der Waals surface area contributed by atoms with Gasteiger partial charge in [0.2, 0.25) is 0 Å². The minimum atomic E-state index is -0.422. The van der Waals surface area contributed by atoms with Gasteiger partial charge in [-0.05, 0) is 0 Å². The Kier molecular flexibility index (Phi) is 3.94. The maximum atomic E-state index is 10.8. The van der Waals surface area contributed by atoms with Gasteiger partial charge in [0.05, 0.1) is 0 Å². The van der Waals surface area contributed by atoms with Crippen LogP contribution in [-0.4, -0.2) is 19.7 Å². The van der Waals surface area contributed by atoms with Crippen molar-refractivity contribution in [3.05, 3.63) is 35.9 Å². The number of rotatable bonds is 3. The maximum absolute atomic E-state index is 10.8. The van der Waals surface area contributed by atoms with Crippen LogP contribution < -0.4 is 11.1 Å². The highest BCUT2D eigenvalue weighted by molar-refractivity contribution is 5.66. The van der Waals surface area contributed by atoms with Crippen LogP contribution in [0.5, 0.6) is 0 Å². The van der Waals surface area contributed by atoms with Crippen molar-refractivity contribution in [1.82, 2.24) is 5.32 Å². The Balaban J connectivity index is 2.43. The number of hydrogen-bond donors (Lipinski definition) is 2. The molecular weight excluding hydrogens is 180 g/mol. The summed E-state index contributed by atoms with van der Waals surface area (Å²) in [5.74, 6) is 0. The summed E-state index contributed by atoms with van der Waals surface area (Å²) in [6.07, 6.45) is -0.422. The number of carbonyl (C=O) groups excluding carboxylic acids is 1. The molecule has 1 aromatic rings. The molecule has 0 aliphatic heterocycles. The first-order valence-electron chi connectivity index (χ1n) is 4.46. The van der Waals surface area contributed by atoms with Gasteiger partial charge in [-0.2, -0.15) is 0 Å². The van der Waals surface area contributed by atoms with Gasteiger partial charge in [0, 0.05) is 12.6 Å². The van der Waals surface area contributed by atoms with Crippen molar-refractivity contribution in [2.75, 3.05) is 13.7 Å². The Morgan fingerprint density at radius 3 is 2.71 bits per heavy atom. The van der Waals surface area contributed by atoms with Gasteiger partial charge < -0.3 is 15.8 Å². The molecule has 1 amide bonds. The predicted molar refractivity (Wildman–Crippen MR) is 52.5 cm³/mol. The largest absolute Gasteiger partial charge is 0.443 e. The van der Waals surface area contributed by atoms with Crippen LogP contribution >= 0.6 is 0 Å². The molecule has 0 aliphatic rings. The average molecular weight is 195 g/mol. The Bertz CT molecular complexity index is 287. The molecule has 0 saturated carbocycles. The molecule has 4 nitrogen and oxygen atoms in total. The van der Waals surface area contributed by atoms with Crippen molar-refractivity contribution < 1.29 is 15.3 Å². The normalized spacial score (nSPS) is 11.9. The van der Waals surface area contributed by atoms with Gasteiger partial charge in [-0.25, -0.2) is 4.79 Å². The number of nitrogens with one attached hydrogen (secondary N) is 1. The van der Waals surface area contributed by atoms with E-state index in [1.807, 2.05) is 30.3 Å². The molecular formula is C10H15N2O2+. The van der Waals surface area contributed by atoms with Gasteiger partial charge in [-0.15, -0.1) is 0 Å². The van der Waals surface area contributed by atoms with Crippen LogP contribution in [0.4, 0.5) is 4.79 Å². The predicted octanol–water partition coefficient (Wildman–Crippen LogP) is 0.326. The molecule has 0 heterocycles. The molecule has 4 heteroatoms. The lowest BCUT2D eigenvalue weighted by atomic mass is 10.1. The Hall–Kier alpha value is -1.55. The molecule has 1 aromatic carbocycles. The van der Waals surface area contributed by atoms with E-state index >= 15 is 0 Å². The van der Waals surface area contributed by atoms with Crippen molar-refractivity contribution in [3.8, 4) is 0 Å². The van der Waals surface area contributed by atoms with Crippen LogP contribution in [0, 0.1) is 0 Å². The second-order valence-corrected chi connectivity index (χ2v) is 2.96. The average Bonchev–Trinajstić information content (AvgIpc) is 2.26. The molecule has 1 unspecified atom stereocenters. The van der Waals surface area contributed by atoms with E-state index in [1.54, 1.807) is 0 Å². The number of ether oxygens (including phenoxy) is 1. The summed E-state index contributed by atoms with van der Waals surface area (Å²) in [6, 6.07) is 9.72. The van der Waals surface area contributed by atoms with E-state index in [1.165, 1.54) is 7.05 Å². The minimum Gasteiger partial charge on any atom is -0.443 e. The van der Waals surface area contributed by atoms with E-state index in [-0.39, 0.29) is 6.04 Å². The summed E-state index contributed by atoms with van der Waals surface area (Å²) in [4.78, 5) is 10.8. The van der Waals surface area contributed by atoms with Gasteiger partial charge in [0.25, 0.3) is 0 Å². The fraction of sp³-hybridized carbons (Fsp3) is 0.300. The molecule has 0 spiro atoms. The van der Waals surface area contributed by atoms with Gasteiger partial charge in [-0.1, -0.05) is 30.3 Å². The third kappa shape index (κ3) is 3.06. The lowest BCUT2D eigenvalue weighted by Crippen LogP contribution is -2.56. The van der Waals surface area contributed by atoms with Crippen molar-refractivity contribution >= 4 is 6.09 Å². The highest BCUT2D eigenvalue weighted by atomic mass is 16.5. The Morgan fingerprint density at radius 2 is 2.14 bits per heavy atom. The highest BCUT2D eigenvalue weighted by Gasteiger charge is 2.10. The number of amides is 1. The van der Waals surface area contributed by atoms with Crippen LogP contribution in [-0.2, 0) is 4.74 Å². The number of benzene rings is 1. The first-order chi connectivity index (χ1) is 6.74. The maximum Gasteiger partial charge on any atom is 0.407 e. The summed E-state index contributed by atoms with van der Waals surface area (Å²) < 4.78 is 4.89. The number of carbonyl (C=O) groups is 1. The second kappa shape index (κ2) is 5.24. The molecule has 0 radical (unpaired) electrons. The Morgan fingerprint density at radius 1 is 1.50 bits per heavy atom. The second-order valence-electron chi connectivity index (χ2n) is 2.96. The van der Waals surface area contributed by atoms with Crippen LogP contribution in [0.15, 0.2) is 30.3 Å². The highest BCUT2D eigenvalue weighted by Crippen LogP contribution is 2.07. The van der Waals surface area contributed by atoms with Gasteiger partial charge >= 0.3 is 6.09 Å². The van der Waals surface area contributed by atoms with Crippen molar-refractivity contribution in [2.45, 2.75) is 6.04 Å². The number of quaternary nitrogens is 1. The smallest absolute Gasteiger partial charge is 0.407 e. The van der Waals surface area contributed by atoms with E-state index < -0.39 is 6.09 Å². The fourth-order valence-corrected chi connectivity index (χ4v) is 1.07. The summed E-state index contributed by atoms with van der Waals surface area (Å²) >= 11 is 0. The molecule has 0 saturated heterocycles. The molecule has 1 rings (SSSR count). The van der Waals surface area contributed by atoms with Crippen molar-refractivity contribution in [2.24, 2.45) is 0 Å². The molecule has 0 fully saturated rings. The summed E-state index contributed by atoms with van der Waals surface area (Å²) in [5.41, 5.74) is 4.98. The fourth-order valence-electron chi connectivity index (χ4n) is 1.07. The number of alkyl carbamates (subject to hydrolysis) is 1. The molecule has 1 atom stereocenters. The SMILES string of the molecule is CNC(=O)OCC([NH3+])c1ccccc1. The molecule has 76 valence electrons. The molecule has 0 aliphatic carbocycles.